The molecule has 27 heavy (non-hydrogen) atoms. The van der Waals surface area contributed by atoms with E-state index in [9.17, 15) is 9.18 Å². The number of methoxy groups -OCH3 is 2. The lowest BCUT2D eigenvalue weighted by Gasteiger charge is -2.14. The number of nitrogens with zero attached hydrogens (tertiary/aromatic N) is 1. The number of aryl methyl sites for hydroxylation is 1. The van der Waals surface area contributed by atoms with Gasteiger partial charge in [0.1, 0.15) is 11.3 Å². The van der Waals surface area contributed by atoms with Crippen LogP contribution in [0.15, 0.2) is 47.3 Å². The first kappa shape index (κ1) is 17.0. The van der Waals surface area contributed by atoms with E-state index in [1.807, 2.05) is 25.1 Å². The lowest BCUT2D eigenvalue weighted by molar-refractivity contribution is 0.356. The summed E-state index contributed by atoms with van der Waals surface area (Å²) in [5.74, 6) is 0.771. The first-order chi connectivity index (χ1) is 13.0. The van der Waals surface area contributed by atoms with Crippen LogP contribution in [0.3, 0.4) is 0 Å². The van der Waals surface area contributed by atoms with Crippen molar-refractivity contribution in [1.82, 2.24) is 9.97 Å². The van der Waals surface area contributed by atoms with Crippen molar-refractivity contribution in [3.8, 4) is 22.8 Å². The van der Waals surface area contributed by atoms with Gasteiger partial charge in [0.05, 0.1) is 19.9 Å². The van der Waals surface area contributed by atoms with E-state index in [0.717, 1.165) is 21.9 Å². The molecule has 0 aliphatic heterocycles. The standard InChI is InChI=1S/C21H17FN2O3/c1-11-8-15-14-9-17(26-2)18(27-3)10-16(14)19(24-20(15)21(25)23-11)12-4-6-13(22)7-5-12/h4-10H,1-3H3,(H,23,25). The van der Waals surface area contributed by atoms with Gasteiger partial charge in [-0.2, -0.15) is 0 Å². The smallest absolute Gasteiger partial charge is 0.274 e. The average molecular weight is 364 g/mol. The summed E-state index contributed by atoms with van der Waals surface area (Å²) >= 11 is 0. The molecule has 4 rings (SSSR count). The number of H-pyrrole nitrogens is 1. The molecule has 5 nitrogen and oxygen atoms in total. The van der Waals surface area contributed by atoms with Crippen molar-refractivity contribution in [2.45, 2.75) is 6.92 Å². The summed E-state index contributed by atoms with van der Waals surface area (Å²) in [5, 5.41) is 2.32. The van der Waals surface area contributed by atoms with Crippen LogP contribution in [0.4, 0.5) is 4.39 Å². The van der Waals surface area contributed by atoms with Gasteiger partial charge in [-0.25, -0.2) is 9.37 Å². The maximum atomic E-state index is 13.4. The predicted octanol–water partition coefficient (Wildman–Crippen LogP) is 4.21. The van der Waals surface area contributed by atoms with E-state index < -0.39 is 0 Å². The second-order valence-corrected chi connectivity index (χ2v) is 6.26. The highest BCUT2D eigenvalue weighted by Gasteiger charge is 2.16. The minimum Gasteiger partial charge on any atom is -0.493 e. The number of fused-ring (bicyclic) bond motifs is 3. The lowest BCUT2D eigenvalue weighted by Crippen LogP contribution is -2.10. The molecule has 0 fully saturated rings. The monoisotopic (exact) mass is 364 g/mol. The molecule has 6 heteroatoms. The van der Waals surface area contributed by atoms with E-state index in [2.05, 4.69) is 9.97 Å². The number of rotatable bonds is 3. The second-order valence-electron chi connectivity index (χ2n) is 6.26. The van der Waals surface area contributed by atoms with Gasteiger partial charge < -0.3 is 14.5 Å². The number of benzene rings is 2. The Morgan fingerprint density at radius 1 is 0.926 bits per heavy atom. The zero-order valence-corrected chi connectivity index (χ0v) is 15.1. The van der Waals surface area contributed by atoms with Gasteiger partial charge in [-0.15, -0.1) is 0 Å². The maximum absolute atomic E-state index is 13.4. The van der Waals surface area contributed by atoms with E-state index in [4.69, 9.17) is 9.47 Å². The molecule has 0 aliphatic carbocycles. The van der Waals surface area contributed by atoms with E-state index in [1.165, 1.54) is 12.1 Å². The van der Waals surface area contributed by atoms with E-state index >= 15 is 0 Å². The molecule has 0 atom stereocenters. The number of aromatic amines is 1. The minimum absolute atomic E-state index is 0.273. The van der Waals surface area contributed by atoms with Crippen molar-refractivity contribution in [2.24, 2.45) is 0 Å². The summed E-state index contributed by atoms with van der Waals surface area (Å²) in [4.78, 5) is 19.9. The van der Waals surface area contributed by atoms with Crippen LogP contribution in [0, 0.1) is 12.7 Å². The van der Waals surface area contributed by atoms with Gasteiger partial charge >= 0.3 is 0 Å². The van der Waals surface area contributed by atoms with Crippen molar-refractivity contribution in [3.05, 3.63) is 64.3 Å². The number of hydrogen-bond donors (Lipinski definition) is 1. The fourth-order valence-corrected chi connectivity index (χ4v) is 3.30. The Bertz CT molecular complexity index is 1230. The van der Waals surface area contributed by atoms with Crippen molar-refractivity contribution in [2.75, 3.05) is 14.2 Å². The molecule has 136 valence electrons. The third-order valence-electron chi connectivity index (χ3n) is 4.55. The van der Waals surface area contributed by atoms with Gasteiger partial charge in [0, 0.05) is 22.0 Å². The van der Waals surface area contributed by atoms with Crippen LogP contribution in [0.2, 0.25) is 0 Å². The van der Waals surface area contributed by atoms with Gasteiger partial charge in [0.25, 0.3) is 5.56 Å². The highest BCUT2D eigenvalue weighted by atomic mass is 19.1. The summed E-state index contributed by atoms with van der Waals surface area (Å²) < 4.78 is 24.3. The van der Waals surface area contributed by atoms with Crippen molar-refractivity contribution >= 4 is 21.7 Å². The number of ether oxygens (including phenoxy) is 2. The maximum Gasteiger partial charge on any atom is 0.274 e. The molecule has 4 aromatic rings. The van der Waals surface area contributed by atoms with Crippen molar-refractivity contribution < 1.29 is 13.9 Å². The Hall–Kier alpha value is -3.41. The van der Waals surface area contributed by atoms with E-state index in [1.54, 1.807) is 26.4 Å². The van der Waals surface area contributed by atoms with Crippen LogP contribution >= 0.6 is 0 Å². The SMILES string of the molecule is COc1cc2c(-c3ccc(F)cc3)nc3c(=O)[nH]c(C)cc3c2cc1OC. The highest BCUT2D eigenvalue weighted by molar-refractivity contribution is 6.11. The first-order valence-electron chi connectivity index (χ1n) is 8.37. The quantitative estimate of drug-likeness (QED) is 0.553. The molecule has 0 saturated carbocycles. The van der Waals surface area contributed by atoms with Crippen LogP contribution in [0.1, 0.15) is 5.69 Å². The summed E-state index contributed by atoms with van der Waals surface area (Å²) in [6, 6.07) is 11.6. The molecule has 0 spiro atoms. The normalized spacial score (nSPS) is 11.1. The highest BCUT2D eigenvalue weighted by Crippen LogP contribution is 2.39. The molecule has 0 radical (unpaired) electrons. The van der Waals surface area contributed by atoms with Gasteiger partial charge in [-0.05, 0) is 54.8 Å². The molecular formula is C21H17FN2O3. The third kappa shape index (κ3) is 2.79. The summed E-state index contributed by atoms with van der Waals surface area (Å²) in [5.41, 5.74) is 2.06. The molecule has 2 aromatic carbocycles. The molecule has 2 heterocycles. The van der Waals surface area contributed by atoms with Crippen LogP contribution < -0.4 is 15.0 Å². The molecule has 0 amide bonds. The van der Waals surface area contributed by atoms with Crippen molar-refractivity contribution in [1.29, 1.82) is 0 Å². The van der Waals surface area contributed by atoms with Crippen molar-refractivity contribution in [3.63, 3.8) is 0 Å². The number of pyridine rings is 2. The fraction of sp³-hybridized carbons (Fsp3) is 0.143. The largest absolute Gasteiger partial charge is 0.493 e. The average Bonchev–Trinajstić information content (AvgIpc) is 2.67. The van der Waals surface area contributed by atoms with Gasteiger partial charge in [0.15, 0.2) is 11.5 Å². The number of aromatic nitrogens is 2. The minimum atomic E-state index is -0.337. The third-order valence-corrected chi connectivity index (χ3v) is 4.55. The predicted molar refractivity (Wildman–Crippen MR) is 103 cm³/mol. The van der Waals surface area contributed by atoms with Crippen LogP contribution in [0.25, 0.3) is 32.9 Å². The molecule has 0 saturated heterocycles. The summed E-state index contributed by atoms with van der Waals surface area (Å²) in [6.07, 6.45) is 0. The van der Waals surface area contributed by atoms with E-state index in [0.29, 0.717) is 28.3 Å². The Morgan fingerprint density at radius 3 is 2.19 bits per heavy atom. The molecule has 0 unspecified atom stereocenters. The van der Waals surface area contributed by atoms with E-state index in [-0.39, 0.29) is 11.4 Å². The lowest BCUT2D eigenvalue weighted by atomic mass is 9.99. The molecule has 0 aliphatic rings. The Balaban J connectivity index is 2.21. The summed E-state index contributed by atoms with van der Waals surface area (Å²) in [6.45, 7) is 1.82. The topological polar surface area (TPSA) is 64.2 Å². The Labute approximate surface area is 154 Å². The molecular weight excluding hydrogens is 347 g/mol. The second kappa shape index (κ2) is 6.39. The zero-order valence-electron chi connectivity index (χ0n) is 15.1. The summed E-state index contributed by atoms with van der Waals surface area (Å²) in [7, 11) is 3.12. The van der Waals surface area contributed by atoms with Gasteiger partial charge in [-0.3, -0.25) is 4.79 Å². The van der Waals surface area contributed by atoms with Crippen LogP contribution in [-0.4, -0.2) is 24.2 Å². The van der Waals surface area contributed by atoms with Gasteiger partial charge in [0.2, 0.25) is 0 Å². The van der Waals surface area contributed by atoms with Gasteiger partial charge in [-0.1, -0.05) is 0 Å². The molecule has 2 aromatic heterocycles. The molecule has 0 bridgehead atoms. The fourth-order valence-electron chi connectivity index (χ4n) is 3.30. The zero-order chi connectivity index (χ0) is 19.1. The number of halogens is 1. The van der Waals surface area contributed by atoms with Crippen LogP contribution in [0.5, 0.6) is 11.5 Å². The number of hydrogen-bond acceptors (Lipinski definition) is 4. The molecule has 1 N–H and O–H groups in total. The Morgan fingerprint density at radius 2 is 1.56 bits per heavy atom. The number of nitrogens with one attached hydrogen (secondary N) is 1. The first-order valence-corrected chi connectivity index (χ1v) is 8.37. The Kier molecular flexibility index (Phi) is 4.03. The van der Waals surface area contributed by atoms with Crippen LogP contribution in [-0.2, 0) is 0 Å².